The molecule has 2 unspecified atom stereocenters. The molecule has 0 aromatic heterocycles. The Morgan fingerprint density at radius 1 is 1.10 bits per heavy atom. The van der Waals surface area contributed by atoms with Gasteiger partial charge in [0.25, 0.3) is 0 Å². The molecule has 2 aliphatic rings. The molecule has 2 N–H and O–H groups in total. The van der Waals surface area contributed by atoms with Crippen molar-refractivity contribution in [2.45, 2.75) is 58.9 Å². The molecule has 1 amide bonds. The van der Waals surface area contributed by atoms with Gasteiger partial charge in [0.1, 0.15) is 0 Å². The van der Waals surface area contributed by atoms with E-state index in [9.17, 15) is 9.59 Å². The number of aliphatic carboxylic acids is 1. The van der Waals surface area contributed by atoms with Gasteiger partial charge in [0.05, 0.1) is 5.92 Å². The van der Waals surface area contributed by atoms with Crippen LogP contribution >= 0.6 is 0 Å². The molecular formula is C17H27NO3. The van der Waals surface area contributed by atoms with Crippen LogP contribution in [0.2, 0.25) is 0 Å². The van der Waals surface area contributed by atoms with Crippen LogP contribution in [0.4, 0.5) is 0 Å². The lowest BCUT2D eigenvalue weighted by Crippen LogP contribution is -2.40. The number of rotatable bonds is 3. The van der Waals surface area contributed by atoms with E-state index >= 15 is 0 Å². The highest BCUT2D eigenvalue weighted by atomic mass is 16.4. The Morgan fingerprint density at radius 2 is 1.71 bits per heavy atom. The van der Waals surface area contributed by atoms with E-state index in [1.165, 1.54) is 0 Å². The van der Waals surface area contributed by atoms with Crippen LogP contribution in [-0.4, -0.2) is 23.0 Å². The Bertz CT molecular complexity index is 428. The molecule has 0 saturated heterocycles. The summed E-state index contributed by atoms with van der Waals surface area (Å²) in [4.78, 5) is 23.2. The van der Waals surface area contributed by atoms with Gasteiger partial charge in [-0.3, -0.25) is 9.59 Å². The van der Waals surface area contributed by atoms with Crippen LogP contribution < -0.4 is 5.32 Å². The number of carboxylic acid groups (broad SMARTS) is 1. The second-order valence-electron chi connectivity index (χ2n) is 7.59. The third kappa shape index (κ3) is 4.08. The average molecular weight is 293 g/mol. The number of amides is 1. The molecule has 0 aliphatic heterocycles. The van der Waals surface area contributed by atoms with Crippen LogP contribution in [-0.2, 0) is 9.59 Å². The molecule has 2 atom stereocenters. The van der Waals surface area contributed by atoms with Crippen LogP contribution in [0.3, 0.4) is 0 Å². The van der Waals surface area contributed by atoms with Crippen LogP contribution in [0.15, 0.2) is 12.2 Å². The zero-order chi connectivity index (χ0) is 15.6. The highest BCUT2D eigenvalue weighted by molar-refractivity contribution is 5.80. The molecule has 0 aromatic carbocycles. The summed E-state index contributed by atoms with van der Waals surface area (Å²) in [6, 6.07) is -0.112. The largest absolute Gasteiger partial charge is 0.481 e. The van der Waals surface area contributed by atoms with Crippen LogP contribution in [0.5, 0.6) is 0 Å². The predicted octanol–water partition coefficient (Wildman–Crippen LogP) is 2.98. The number of hydrogen-bond acceptors (Lipinski definition) is 2. The van der Waals surface area contributed by atoms with E-state index in [0.717, 1.165) is 25.7 Å². The lowest BCUT2D eigenvalue weighted by atomic mass is 9.69. The van der Waals surface area contributed by atoms with Gasteiger partial charge in [-0.05, 0) is 43.4 Å². The summed E-state index contributed by atoms with van der Waals surface area (Å²) in [7, 11) is 0. The maximum Gasteiger partial charge on any atom is 0.310 e. The number of carbonyl (C=O) groups excluding carboxylic acids is 1. The molecule has 0 radical (unpaired) electrons. The molecule has 1 saturated carbocycles. The molecule has 1 fully saturated rings. The molecule has 2 rings (SSSR count). The smallest absolute Gasteiger partial charge is 0.310 e. The van der Waals surface area contributed by atoms with Crippen molar-refractivity contribution in [3.63, 3.8) is 0 Å². The second-order valence-corrected chi connectivity index (χ2v) is 7.59. The molecule has 118 valence electrons. The van der Waals surface area contributed by atoms with E-state index < -0.39 is 11.9 Å². The van der Waals surface area contributed by atoms with E-state index in [2.05, 4.69) is 26.1 Å². The highest BCUT2D eigenvalue weighted by Gasteiger charge is 2.33. The summed E-state index contributed by atoms with van der Waals surface area (Å²) in [5.41, 5.74) is 0.324. The van der Waals surface area contributed by atoms with Gasteiger partial charge in [0.15, 0.2) is 0 Å². The summed E-state index contributed by atoms with van der Waals surface area (Å²) < 4.78 is 0. The maximum absolute atomic E-state index is 12.3. The molecule has 4 heteroatoms. The topological polar surface area (TPSA) is 66.4 Å². The molecule has 4 nitrogen and oxygen atoms in total. The van der Waals surface area contributed by atoms with Crippen molar-refractivity contribution < 1.29 is 14.7 Å². The third-order valence-corrected chi connectivity index (χ3v) is 5.05. The summed E-state index contributed by atoms with van der Waals surface area (Å²) in [6.07, 6.45) is 8.11. The SMILES string of the molecule is CC(C)(C)C1CCC(C(=O)NC2C=CC(C(=O)O)C2)CC1. The van der Waals surface area contributed by atoms with E-state index in [0.29, 0.717) is 17.8 Å². The first-order valence-electron chi connectivity index (χ1n) is 7.99. The lowest BCUT2D eigenvalue weighted by molar-refractivity contribution is -0.140. The molecule has 21 heavy (non-hydrogen) atoms. The van der Waals surface area contributed by atoms with Gasteiger partial charge in [-0.15, -0.1) is 0 Å². The van der Waals surface area contributed by atoms with E-state index in [1.807, 2.05) is 6.08 Å². The van der Waals surface area contributed by atoms with Crippen LogP contribution in [0.25, 0.3) is 0 Å². The van der Waals surface area contributed by atoms with Gasteiger partial charge in [0.2, 0.25) is 5.91 Å². The fraction of sp³-hybridized carbons (Fsp3) is 0.765. The molecular weight excluding hydrogens is 266 g/mol. The number of carbonyl (C=O) groups is 2. The minimum absolute atomic E-state index is 0.0980. The molecule has 0 spiro atoms. The zero-order valence-corrected chi connectivity index (χ0v) is 13.3. The number of hydrogen-bond donors (Lipinski definition) is 2. The van der Waals surface area contributed by atoms with Crippen molar-refractivity contribution in [1.29, 1.82) is 0 Å². The maximum atomic E-state index is 12.3. The molecule has 0 bridgehead atoms. The zero-order valence-electron chi connectivity index (χ0n) is 13.3. The van der Waals surface area contributed by atoms with Gasteiger partial charge in [-0.25, -0.2) is 0 Å². The first kappa shape index (κ1) is 16.1. The highest BCUT2D eigenvalue weighted by Crippen LogP contribution is 2.39. The number of nitrogens with one attached hydrogen (secondary N) is 1. The first-order chi connectivity index (χ1) is 9.77. The third-order valence-electron chi connectivity index (χ3n) is 5.05. The normalized spacial score (nSPS) is 32.9. The Kier molecular flexibility index (Phi) is 4.74. The standard InChI is InChI=1S/C17H27NO3/c1-17(2,3)13-7-4-11(5-8-13)15(19)18-14-9-6-12(10-14)16(20)21/h6,9,11-14H,4-5,7-8,10H2,1-3H3,(H,18,19)(H,20,21). The Hall–Kier alpha value is -1.32. The van der Waals surface area contributed by atoms with Crippen molar-refractivity contribution in [1.82, 2.24) is 5.32 Å². The lowest BCUT2D eigenvalue weighted by Gasteiger charge is -2.36. The van der Waals surface area contributed by atoms with Crippen LogP contribution in [0.1, 0.15) is 52.9 Å². The van der Waals surface area contributed by atoms with Gasteiger partial charge in [0, 0.05) is 12.0 Å². The quantitative estimate of drug-likeness (QED) is 0.786. The summed E-state index contributed by atoms with van der Waals surface area (Å²) >= 11 is 0. The van der Waals surface area contributed by atoms with Crippen molar-refractivity contribution in [3.05, 3.63) is 12.2 Å². The minimum atomic E-state index is -0.811. The van der Waals surface area contributed by atoms with Crippen molar-refractivity contribution in [2.75, 3.05) is 0 Å². The Balaban J connectivity index is 1.79. The van der Waals surface area contributed by atoms with Gasteiger partial charge >= 0.3 is 5.97 Å². The fourth-order valence-corrected chi connectivity index (χ4v) is 3.51. The van der Waals surface area contributed by atoms with E-state index in [-0.39, 0.29) is 17.9 Å². The average Bonchev–Trinajstić information content (AvgIpc) is 2.86. The number of carboxylic acids is 1. The Labute approximate surface area is 127 Å². The van der Waals surface area contributed by atoms with Crippen molar-refractivity contribution in [3.8, 4) is 0 Å². The molecule has 2 aliphatic carbocycles. The molecule has 0 aromatic rings. The summed E-state index contributed by atoms with van der Waals surface area (Å²) in [5, 5.41) is 12.0. The second kappa shape index (κ2) is 6.20. The molecule has 0 heterocycles. The predicted molar refractivity (Wildman–Crippen MR) is 81.7 cm³/mol. The van der Waals surface area contributed by atoms with Gasteiger partial charge in [-0.1, -0.05) is 32.9 Å². The van der Waals surface area contributed by atoms with Crippen molar-refractivity contribution >= 4 is 11.9 Å². The fourth-order valence-electron chi connectivity index (χ4n) is 3.51. The first-order valence-corrected chi connectivity index (χ1v) is 7.99. The van der Waals surface area contributed by atoms with Crippen molar-refractivity contribution in [2.24, 2.45) is 23.2 Å². The van der Waals surface area contributed by atoms with Gasteiger partial charge < -0.3 is 10.4 Å². The monoisotopic (exact) mass is 293 g/mol. The summed E-state index contributed by atoms with van der Waals surface area (Å²) in [5.74, 6) is -0.367. The van der Waals surface area contributed by atoms with Gasteiger partial charge in [-0.2, -0.15) is 0 Å². The van der Waals surface area contributed by atoms with Crippen LogP contribution in [0, 0.1) is 23.2 Å². The van der Waals surface area contributed by atoms with E-state index in [1.54, 1.807) is 6.08 Å². The summed E-state index contributed by atoms with van der Waals surface area (Å²) in [6.45, 7) is 6.81. The minimum Gasteiger partial charge on any atom is -0.481 e. The van der Waals surface area contributed by atoms with E-state index in [4.69, 9.17) is 5.11 Å². The Morgan fingerprint density at radius 3 is 2.19 bits per heavy atom.